The maximum Gasteiger partial charge on any atom is 0.353 e. The number of rotatable bonds is 13. The number of H-pyrrole nitrogens is 1. The van der Waals surface area contributed by atoms with E-state index in [2.05, 4.69) is 76.6 Å². The van der Waals surface area contributed by atoms with Crippen molar-refractivity contribution in [1.29, 1.82) is 0 Å². The highest BCUT2D eigenvalue weighted by Crippen LogP contribution is 2.65. The highest BCUT2D eigenvalue weighted by molar-refractivity contribution is 8.33. The highest BCUT2D eigenvalue weighted by atomic mass is 32.3. The summed E-state index contributed by atoms with van der Waals surface area (Å²) in [5, 5.41) is 0. The van der Waals surface area contributed by atoms with E-state index >= 15 is 0 Å². The molecule has 260 valence electrons. The van der Waals surface area contributed by atoms with E-state index in [-0.39, 0.29) is 25.4 Å². The van der Waals surface area contributed by atoms with E-state index in [1.807, 2.05) is 0 Å². The van der Waals surface area contributed by atoms with E-state index in [9.17, 15) is 14.2 Å². The Morgan fingerprint density at radius 1 is 1.04 bits per heavy atom. The van der Waals surface area contributed by atoms with Gasteiger partial charge in [-0.15, -0.1) is 0 Å². The normalized spacial score (nSPS) is 26.8. The summed E-state index contributed by atoms with van der Waals surface area (Å²) in [6.45, 7) is 6.44. The zero-order valence-corrected chi connectivity index (χ0v) is 30.4. The van der Waals surface area contributed by atoms with Crippen LogP contribution in [0.4, 0.5) is 0 Å². The topological polar surface area (TPSA) is 121 Å². The van der Waals surface area contributed by atoms with Gasteiger partial charge in [-0.2, -0.15) is 10.0 Å². The van der Waals surface area contributed by atoms with E-state index in [0.717, 1.165) is 25.1 Å². The molecule has 14 heteroatoms. The molecule has 2 aromatic carbocycles. The van der Waals surface area contributed by atoms with Crippen LogP contribution in [0.1, 0.15) is 44.9 Å². The van der Waals surface area contributed by atoms with Crippen LogP contribution in [-0.2, 0) is 27.4 Å². The van der Waals surface area contributed by atoms with Crippen LogP contribution in [0.2, 0.25) is 0 Å². The Bertz CT molecular complexity index is 1690. The van der Waals surface area contributed by atoms with Crippen molar-refractivity contribution in [3.05, 3.63) is 105 Å². The van der Waals surface area contributed by atoms with Crippen LogP contribution < -0.4 is 11.2 Å². The highest BCUT2D eigenvalue weighted by Gasteiger charge is 2.51. The van der Waals surface area contributed by atoms with Crippen LogP contribution in [0.25, 0.3) is 0 Å². The predicted molar refractivity (Wildman–Crippen MR) is 189 cm³/mol. The van der Waals surface area contributed by atoms with Crippen molar-refractivity contribution in [3.63, 3.8) is 0 Å². The molecule has 4 heterocycles. The first-order chi connectivity index (χ1) is 23.1. The maximum absolute atomic E-state index is 13.3. The average molecular weight is 718 g/mol. The predicted octanol–water partition coefficient (Wildman–Crippen LogP) is 6.94. The second kappa shape index (κ2) is 15.3. The molecule has 2 unspecified atom stereocenters. The first-order valence-corrected chi connectivity index (χ1v) is 21.4. The molecule has 0 aliphatic carbocycles. The smallest absolute Gasteiger partial charge is 0.348 e. The summed E-state index contributed by atoms with van der Waals surface area (Å²) in [5.41, 5.74) is -0.623. The van der Waals surface area contributed by atoms with Crippen molar-refractivity contribution in [2.24, 2.45) is 0 Å². The third kappa shape index (κ3) is 7.53. The van der Waals surface area contributed by atoms with Gasteiger partial charge in [-0.3, -0.25) is 18.9 Å². The second-order valence-electron chi connectivity index (χ2n) is 12.3. The van der Waals surface area contributed by atoms with Crippen molar-refractivity contribution in [2.45, 2.75) is 80.4 Å². The van der Waals surface area contributed by atoms with Crippen LogP contribution in [-0.4, -0.2) is 70.3 Å². The van der Waals surface area contributed by atoms with Crippen molar-refractivity contribution in [1.82, 2.24) is 14.2 Å². The van der Waals surface area contributed by atoms with E-state index in [1.165, 1.54) is 26.4 Å². The number of aromatic amines is 1. The maximum atomic E-state index is 13.3. The van der Waals surface area contributed by atoms with Gasteiger partial charge in [-0.25, -0.2) is 9.46 Å². The van der Waals surface area contributed by atoms with Gasteiger partial charge in [0.05, 0.1) is 25.4 Å². The lowest BCUT2D eigenvalue weighted by Crippen LogP contribution is -2.33. The molecule has 6 atom stereocenters. The van der Waals surface area contributed by atoms with Gasteiger partial charge in [0.15, 0.2) is 0 Å². The number of hydrogen-bond acceptors (Lipinski definition) is 9. The Hall–Kier alpha value is -2.37. The van der Waals surface area contributed by atoms with Gasteiger partial charge < -0.3 is 22.8 Å². The first kappa shape index (κ1) is 35.5. The van der Waals surface area contributed by atoms with Crippen LogP contribution in [0.5, 0.6) is 0 Å². The minimum absolute atomic E-state index is 0.0354. The van der Waals surface area contributed by atoms with Crippen molar-refractivity contribution < 1.29 is 27.4 Å². The summed E-state index contributed by atoms with van der Waals surface area (Å²) >= 11 is 0. The Morgan fingerprint density at radius 2 is 1.69 bits per heavy atom. The minimum Gasteiger partial charge on any atom is -0.348 e. The number of aromatic nitrogens is 2. The van der Waals surface area contributed by atoms with Gasteiger partial charge in [0.1, 0.15) is 12.3 Å². The summed E-state index contributed by atoms with van der Waals surface area (Å²) in [5.74, 6) is 2.28. The molecule has 0 saturated carbocycles. The summed E-state index contributed by atoms with van der Waals surface area (Å²) < 4.78 is 48.1. The Balaban J connectivity index is 1.27. The molecule has 6 rings (SSSR count). The van der Waals surface area contributed by atoms with Crippen molar-refractivity contribution >= 4 is 26.2 Å². The number of fused-ring (bicyclic) bond motifs is 1. The fourth-order valence-corrected chi connectivity index (χ4v) is 13.2. The third-order valence-electron chi connectivity index (χ3n) is 9.03. The molecule has 3 saturated heterocycles. The largest absolute Gasteiger partial charge is 0.353 e. The molecule has 11 nitrogen and oxygen atoms in total. The zero-order valence-electron chi connectivity index (χ0n) is 27.8. The lowest BCUT2D eigenvalue weighted by molar-refractivity contribution is 0.00704. The monoisotopic (exact) mass is 717 g/mol. The number of nitrogens with one attached hydrogen (secondary N) is 1. The van der Waals surface area contributed by atoms with E-state index in [1.54, 1.807) is 26.8 Å². The van der Waals surface area contributed by atoms with Crippen molar-refractivity contribution in [3.8, 4) is 0 Å². The van der Waals surface area contributed by atoms with E-state index in [4.69, 9.17) is 22.8 Å². The summed E-state index contributed by atoms with van der Waals surface area (Å²) in [6, 6.07) is 21.6. The van der Waals surface area contributed by atoms with Crippen LogP contribution in [0.3, 0.4) is 0 Å². The molecule has 1 aromatic heterocycles. The number of benzene rings is 2. The van der Waals surface area contributed by atoms with Gasteiger partial charge in [0, 0.05) is 42.3 Å². The molecule has 3 aliphatic heterocycles. The molecular weight excluding hydrogens is 672 g/mol. The third-order valence-corrected chi connectivity index (χ3v) is 16.2. The quantitative estimate of drug-likeness (QED) is 0.188. The molecule has 3 aliphatic rings. The summed E-state index contributed by atoms with van der Waals surface area (Å²) in [4.78, 5) is 29.9. The zero-order chi connectivity index (χ0) is 33.9. The molecule has 0 bridgehead atoms. The van der Waals surface area contributed by atoms with Crippen molar-refractivity contribution in [2.75, 3.05) is 31.8 Å². The Kier molecular flexibility index (Phi) is 11.3. The lowest BCUT2D eigenvalue weighted by atomic mass is 10.1. The van der Waals surface area contributed by atoms with Crippen LogP contribution >= 0.6 is 26.2 Å². The molecule has 1 N–H and O–H groups in total. The molecule has 3 aromatic rings. The minimum atomic E-state index is -3.53. The van der Waals surface area contributed by atoms with E-state index < -0.39 is 55.8 Å². The molecule has 48 heavy (non-hydrogen) atoms. The number of nitrogens with zero attached hydrogens (tertiary/aromatic N) is 2. The molecule has 0 radical (unpaired) electrons. The molecule has 3 fully saturated rings. The lowest BCUT2D eigenvalue weighted by Gasteiger charge is -2.39. The number of aryl methyl sites for hydroxylation is 1. The average Bonchev–Trinajstić information content (AvgIpc) is 3.80. The van der Waals surface area contributed by atoms with Gasteiger partial charge in [0.2, 0.25) is 0 Å². The molecule has 0 amide bonds. The van der Waals surface area contributed by atoms with Crippen LogP contribution in [0, 0.1) is 6.92 Å². The van der Waals surface area contributed by atoms with Gasteiger partial charge in [-0.1, -0.05) is 36.4 Å². The van der Waals surface area contributed by atoms with E-state index in [0.29, 0.717) is 12.0 Å². The fraction of sp³-hybridized carbons (Fsp3) is 0.471. The summed E-state index contributed by atoms with van der Waals surface area (Å²) in [6.07, 6.45) is 5.95. The standard InChI is InChI=1S/C34H45N3O8P2S/c1-5-41-47(40,42-6-2)21-19-29-30(22-32(43-29)36-23-25(3)33(38)35-34(36)39)44-46-37-20-13-18-28(37)31(45-46)24-48(4,26-14-9-7-10-15-26)27-16-11-8-12-17-27/h7-12,14-17,19,21,23,28-32H,5-6,13,18,20,22,24H2,1-4H3,(H,35,38,39)/b21-19+/t28-,29?,30-,31+,32-,46?/m1/s1. The van der Waals surface area contributed by atoms with Gasteiger partial charge >= 0.3 is 13.3 Å². The molecular formula is C34H45N3O8P2S. The Morgan fingerprint density at radius 3 is 2.31 bits per heavy atom. The van der Waals surface area contributed by atoms with Gasteiger partial charge in [-0.05, 0) is 80.0 Å². The molecule has 0 spiro atoms. The summed E-state index contributed by atoms with van der Waals surface area (Å²) in [7, 11) is -6.41. The van der Waals surface area contributed by atoms with Gasteiger partial charge in [0.25, 0.3) is 14.1 Å². The second-order valence-corrected chi connectivity index (χ2v) is 19.0. The first-order valence-electron chi connectivity index (χ1n) is 16.5. The van der Waals surface area contributed by atoms with Crippen LogP contribution in [0.15, 0.2) is 98.1 Å². The number of hydrogen-bond donors (Lipinski definition) is 1. The SMILES string of the molecule is CCOP(=O)(/C=C/C1O[C@@H](n2cc(C)c(=O)[nH]c2=O)C[C@H]1OP1O[C@@H](CS(C)(c2ccccc2)c2ccccc2)[C@H]2CCCN21)OCC. The Labute approximate surface area is 284 Å². The number of ether oxygens (including phenoxy) is 1. The fourth-order valence-electron chi connectivity index (χ4n) is 6.63.